The number of non-ortho nitro benzene ring substituents is 1. The normalized spacial score (nSPS) is 13.3. The topological polar surface area (TPSA) is 122 Å². The number of nitro benzene ring substituents is 1. The predicted octanol–water partition coefficient (Wildman–Crippen LogP) is 3.50. The fourth-order valence-corrected chi connectivity index (χ4v) is 3.12. The molecule has 0 bridgehead atoms. The van der Waals surface area contributed by atoms with Crippen LogP contribution < -0.4 is 10.6 Å². The molecule has 2 amide bonds. The third-order valence-corrected chi connectivity index (χ3v) is 5.21. The molecule has 0 radical (unpaired) electrons. The Morgan fingerprint density at radius 3 is 2.06 bits per heavy atom. The van der Waals surface area contributed by atoms with Crippen LogP contribution in [0.4, 0.5) is 5.69 Å². The summed E-state index contributed by atoms with van der Waals surface area (Å²) in [5.74, 6) is -0.944. The van der Waals surface area contributed by atoms with Crippen molar-refractivity contribution in [2.75, 3.05) is 6.54 Å². The maximum absolute atomic E-state index is 12.7. The number of nitrogens with zero attached hydrogens (tertiary/aromatic N) is 1. The van der Waals surface area contributed by atoms with E-state index in [1.54, 1.807) is 12.1 Å². The summed E-state index contributed by atoms with van der Waals surface area (Å²) in [7, 11) is 0. The molecule has 8 nitrogen and oxygen atoms in total. The Kier molecular flexibility index (Phi) is 8.10. The molecule has 0 heterocycles. The van der Waals surface area contributed by atoms with Crippen LogP contribution in [-0.4, -0.2) is 34.4 Å². The molecular weight excluding hydrogens is 410 g/mol. The zero-order valence-electron chi connectivity index (χ0n) is 19.1. The number of hydrogen-bond acceptors (Lipinski definition) is 5. The van der Waals surface area contributed by atoms with E-state index in [2.05, 4.69) is 31.4 Å². The summed E-state index contributed by atoms with van der Waals surface area (Å²) in [5.41, 5.74) is 1.90. The van der Waals surface area contributed by atoms with Gasteiger partial charge in [0.05, 0.1) is 11.0 Å². The molecule has 0 fully saturated rings. The van der Waals surface area contributed by atoms with Gasteiger partial charge >= 0.3 is 0 Å². The van der Waals surface area contributed by atoms with E-state index in [-0.39, 0.29) is 29.5 Å². The summed E-state index contributed by atoms with van der Waals surface area (Å²) in [4.78, 5) is 35.6. The number of nitro groups is 1. The minimum absolute atomic E-state index is 0.0279. The van der Waals surface area contributed by atoms with Crippen LogP contribution >= 0.6 is 0 Å². The highest BCUT2D eigenvalue weighted by Crippen LogP contribution is 2.22. The van der Waals surface area contributed by atoms with Gasteiger partial charge in [-0.15, -0.1) is 0 Å². The maximum atomic E-state index is 12.7. The van der Waals surface area contributed by atoms with Gasteiger partial charge in [0.15, 0.2) is 0 Å². The zero-order valence-corrected chi connectivity index (χ0v) is 19.1. The molecule has 0 spiro atoms. The van der Waals surface area contributed by atoms with Crippen LogP contribution in [0.1, 0.15) is 62.2 Å². The average molecular weight is 442 g/mol. The fourth-order valence-electron chi connectivity index (χ4n) is 3.12. The van der Waals surface area contributed by atoms with Crippen LogP contribution in [0.2, 0.25) is 0 Å². The number of benzene rings is 2. The highest BCUT2D eigenvalue weighted by atomic mass is 16.6. The van der Waals surface area contributed by atoms with Crippen molar-refractivity contribution in [1.82, 2.24) is 10.6 Å². The van der Waals surface area contributed by atoms with Crippen LogP contribution in [0.3, 0.4) is 0 Å². The van der Waals surface area contributed by atoms with Gasteiger partial charge in [-0.3, -0.25) is 19.7 Å². The van der Waals surface area contributed by atoms with Gasteiger partial charge in [0, 0.05) is 24.2 Å². The van der Waals surface area contributed by atoms with E-state index in [0.29, 0.717) is 11.1 Å². The van der Waals surface area contributed by atoms with E-state index in [9.17, 15) is 24.8 Å². The van der Waals surface area contributed by atoms with Gasteiger partial charge in [0.25, 0.3) is 11.6 Å². The molecule has 32 heavy (non-hydrogen) atoms. The first kappa shape index (κ1) is 25.0. The SMILES string of the molecule is CC(C)C(NC(=O)c1ccc(C(C)(C)C)cc1)C(=O)NCC(O)c1ccc([N+](=O)[O-])cc1. The van der Waals surface area contributed by atoms with Crippen molar-refractivity contribution < 1.29 is 19.6 Å². The summed E-state index contributed by atoms with van der Waals surface area (Å²) < 4.78 is 0. The lowest BCUT2D eigenvalue weighted by Gasteiger charge is -2.23. The summed E-state index contributed by atoms with van der Waals surface area (Å²) in [5, 5.41) is 26.5. The number of rotatable bonds is 8. The third kappa shape index (κ3) is 6.62. The molecule has 0 aliphatic rings. The lowest BCUT2D eigenvalue weighted by atomic mass is 9.86. The standard InChI is InChI=1S/C24H31N3O5/c1-15(2)21(26-22(29)17-6-10-18(11-7-17)24(3,4)5)23(30)25-14-20(28)16-8-12-19(13-9-16)27(31)32/h6-13,15,20-21,28H,14H2,1-5H3,(H,25,30)(H,26,29). The number of aliphatic hydroxyl groups excluding tert-OH is 1. The molecule has 0 aliphatic carbocycles. The van der Waals surface area contributed by atoms with Crippen LogP contribution in [0, 0.1) is 16.0 Å². The number of hydrogen-bond donors (Lipinski definition) is 3. The van der Waals surface area contributed by atoms with Gasteiger partial charge < -0.3 is 15.7 Å². The molecule has 0 saturated carbocycles. The van der Waals surface area contributed by atoms with E-state index < -0.39 is 23.0 Å². The summed E-state index contributed by atoms with van der Waals surface area (Å²) >= 11 is 0. The molecule has 2 atom stereocenters. The first-order chi connectivity index (χ1) is 14.9. The Balaban J connectivity index is 1.99. The molecule has 8 heteroatoms. The second-order valence-electron chi connectivity index (χ2n) is 9.13. The van der Waals surface area contributed by atoms with Crippen molar-refractivity contribution in [3.05, 3.63) is 75.3 Å². The lowest BCUT2D eigenvalue weighted by molar-refractivity contribution is -0.384. The second kappa shape index (κ2) is 10.4. The quantitative estimate of drug-likeness (QED) is 0.428. The Hall–Kier alpha value is -3.26. The molecule has 0 aliphatic heterocycles. The molecule has 2 aromatic rings. The van der Waals surface area contributed by atoms with Gasteiger partial charge in [0.2, 0.25) is 5.91 Å². The van der Waals surface area contributed by atoms with Crippen LogP contribution in [-0.2, 0) is 10.2 Å². The first-order valence-electron chi connectivity index (χ1n) is 10.5. The Labute approximate surface area is 188 Å². The smallest absolute Gasteiger partial charge is 0.269 e. The number of carbonyl (C=O) groups excluding carboxylic acids is 2. The van der Waals surface area contributed by atoms with Gasteiger partial charge in [-0.05, 0) is 46.7 Å². The number of carbonyl (C=O) groups is 2. The number of aliphatic hydroxyl groups is 1. The maximum Gasteiger partial charge on any atom is 0.269 e. The lowest BCUT2D eigenvalue weighted by Crippen LogP contribution is -2.50. The van der Waals surface area contributed by atoms with Crippen LogP contribution in [0.15, 0.2) is 48.5 Å². The zero-order chi connectivity index (χ0) is 24.1. The van der Waals surface area contributed by atoms with Crippen molar-refractivity contribution in [2.45, 2.75) is 52.2 Å². The predicted molar refractivity (Wildman–Crippen MR) is 122 cm³/mol. The minimum atomic E-state index is -1.03. The molecule has 3 N–H and O–H groups in total. The third-order valence-electron chi connectivity index (χ3n) is 5.21. The van der Waals surface area contributed by atoms with Crippen molar-refractivity contribution >= 4 is 17.5 Å². The van der Waals surface area contributed by atoms with Gasteiger partial charge in [-0.1, -0.05) is 46.8 Å². The largest absolute Gasteiger partial charge is 0.387 e. The molecule has 0 aromatic heterocycles. The van der Waals surface area contributed by atoms with E-state index >= 15 is 0 Å². The monoisotopic (exact) mass is 441 g/mol. The van der Waals surface area contributed by atoms with E-state index in [1.165, 1.54) is 24.3 Å². The highest BCUT2D eigenvalue weighted by molar-refractivity contribution is 5.97. The van der Waals surface area contributed by atoms with E-state index in [0.717, 1.165) is 5.56 Å². The fraction of sp³-hybridized carbons (Fsp3) is 0.417. The van der Waals surface area contributed by atoms with Crippen molar-refractivity contribution in [2.24, 2.45) is 5.92 Å². The summed E-state index contributed by atoms with van der Waals surface area (Å²) in [6, 6.07) is 12.0. The second-order valence-corrected chi connectivity index (χ2v) is 9.13. The van der Waals surface area contributed by atoms with E-state index in [4.69, 9.17) is 0 Å². The highest BCUT2D eigenvalue weighted by Gasteiger charge is 2.25. The van der Waals surface area contributed by atoms with Crippen molar-refractivity contribution in [3.8, 4) is 0 Å². The minimum Gasteiger partial charge on any atom is -0.387 e. The van der Waals surface area contributed by atoms with Crippen LogP contribution in [0.25, 0.3) is 0 Å². The van der Waals surface area contributed by atoms with Crippen molar-refractivity contribution in [1.29, 1.82) is 0 Å². The molecule has 2 unspecified atom stereocenters. The number of amides is 2. The molecular formula is C24H31N3O5. The Bertz CT molecular complexity index is 947. The molecule has 2 aromatic carbocycles. The van der Waals surface area contributed by atoms with Crippen molar-refractivity contribution in [3.63, 3.8) is 0 Å². The first-order valence-corrected chi connectivity index (χ1v) is 10.5. The number of nitrogens with one attached hydrogen (secondary N) is 2. The molecule has 172 valence electrons. The van der Waals surface area contributed by atoms with Gasteiger partial charge in [-0.25, -0.2) is 0 Å². The summed E-state index contributed by atoms with van der Waals surface area (Å²) in [6.07, 6.45) is -1.03. The van der Waals surface area contributed by atoms with E-state index in [1.807, 2.05) is 26.0 Å². The van der Waals surface area contributed by atoms with Gasteiger partial charge in [-0.2, -0.15) is 0 Å². The average Bonchev–Trinajstić information content (AvgIpc) is 2.74. The Morgan fingerprint density at radius 1 is 1.03 bits per heavy atom. The molecule has 2 rings (SSSR count). The van der Waals surface area contributed by atoms with Crippen LogP contribution in [0.5, 0.6) is 0 Å². The Morgan fingerprint density at radius 2 is 1.59 bits per heavy atom. The molecule has 0 saturated heterocycles. The van der Waals surface area contributed by atoms with Gasteiger partial charge in [0.1, 0.15) is 6.04 Å². The summed E-state index contributed by atoms with van der Waals surface area (Å²) in [6.45, 7) is 9.82.